The fourth-order valence-electron chi connectivity index (χ4n) is 1.95. The Hall–Kier alpha value is -3.66. The van der Waals surface area contributed by atoms with Crippen LogP contribution < -0.4 is 14.8 Å². The Balaban J connectivity index is 2.28. The third-order valence-electron chi connectivity index (χ3n) is 3.21. The minimum atomic E-state index is -0.549. The molecule has 0 aliphatic heterocycles. The lowest BCUT2D eigenvalue weighted by molar-refractivity contribution is -0.116. The number of benzene rings is 1. The number of nitriles is 1. The zero-order chi connectivity index (χ0) is 18.2. The van der Waals surface area contributed by atoms with Gasteiger partial charge in [-0.25, -0.2) is 4.79 Å². The van der Waals surface area contributed by atoms with Crippen molar-refractivity contribution in [2.24, 2.45) is 0 Å². The molecule has 1 aromatic carbocycles. The van der Waals surface area contributed by atoms with Gasteiger partial charge in [-0.15, -0.1) is 0 Å². The molecule has 7 nitrogen and oxygen atoms in total. The van der Waals surface area contributed by atoms with Crippen LogP contribution in [-0.4, -0.2) is 31.0 Å². The lowest BCUT2D eigenvalue weighted by atomic mass is 10.1. The van der Waals surface area contributed by atoms with E-state index in [2.05, 4.69) is 10.3 Å². The first-order valence-electron chi connectivity index (χ1n) is 7.23. The summed E-state index contributed by atoms with van der Waals surface area (Å²) in [5, 5.41) is 11.4. The van der Waals surface area contributed by atoms with E-state index >= 15 is 0 Å². The van der Waals surface area contributed by atoms with E-state index in [9.17, 15) is 9.59 Å². The Bertz CT molecular complexity index is 854. The van der Waals surface area contributed by atoms with Crippen LogP contribution in [0.25, 0.3) is 6.08 Å². The number of aromatic nitrogens is 1. The van der Waals surface area contributed by atoms with Crippen molar-refractivity contribution in [3.05, 3.63) is 59.4 Å². The molecular formula is C18H15N3O4. The number of nitrogens with zero attached hydrogens (tertiary/aromatic N) is 2. The number of esters is 1. The van der Waals surface area contributed by atoms with Crippen molar-refractivity contribution in [1.82, 2.24) is 10.3 Å². The molecule has 7 heteroatoms. The maximum atomic E-state index is 12.1. The fraction of sp³-hybridized carbons (Fsp3) is 0.111. The topological polar surface area (TPSA) is 101 Å². The number of pyridine rings is 1. The van der Waals surface area contributed by atoms with Gasteiger partial charge >= 0.3 is 5.97 Å². The van der Waals surface area contributed by atoms with E-state index in [4.69, 9.17) is 14.7 Å². The van der Waals surface area contributed by atoms with E-state index in [1.807, 2.05) is 6.07 Å². The van der Waals surface area contributed by atoms with Crippen LogP contribution in [0.4, 0.5) is 0 Å². The maximum absolute atomic E-state index is 12.1. The van der Waals surface area contributed by atoms with Gasteiger partial charge in [0.05, 0.1) is 12.7 Å². The number of carbonyl (C=O) groups excluding carboxylic acids is 2. The number of hydrogen-bond donors (Lipinski definition) is 1. The van der Waals surface area contributed by atoms with E-state index in [0.717, 1.165) is 0 Å². The highest BCUT2D eigenvalue weighted by Gasteiger charge is 2.13. The van der Waals surface area contributed by atoms with Gasteiger partial charge in [0, 0.05) is 19.4 Å². The van der Waals surface area contributed by atoms with E-state index < -0.39 is 11.9 Å². The molecule has 126 valence electrons. The Morgan fingerprint density at radius 2 is 1.92 bits per heavy atom. The molecule has 25 heavy (non-hydrogen) atoms. The molecule has 0 saturated heterocycles. The highest BCUT2D eigenvalue weighted by Crippen LogP contribution is 2.29. The Labute approximate surface area is 144 Å². The highest BCUT2D eigenvalue weighted by molar-refractivity contribution is 6.01. The number of rotatable bonds is 5. The van der Waals surface area contributed by atoms with Crippen LogP contribution in [0.2, 0.25) is 0 Å². The van der Waals surface area contributed by atoms with Gasteiger partial charge in [-0.05, 0) is 35.9 Å². The quantitative estimate of drug-likeness (QED) is 0.387. The number of hydrogen-bond acceptors (Lipinski definition) is 6. The Morgan fingerprint density at radius 3 is 2.52 bits per heavy atom. The van der Waals surface area contributed by atoms with Gasteiger partial charge in [0.15, 0.2) is 11.5 Å². The van der Waals surface area contributed by atoms with E-state index in [1.54, 1.807) is 12.1 Å². The summed E-state index contributed by atoms with van der Waals surface area (Å²) in [6.45, 7) is 0. The van der Waals surface area contributed by atoms with Crippen molar-refractivity contribution < 1.29 is 19.1 Å². The molecule has 0 saturated carbocycles. The predicted octanol–water partition coefficient (Wildman–Crippen LogP) is 1.96. The van der Waals surface area contributed by atoms with Gasteiger partial charge < -0.3 is 14.8 Å². The van der Waals surface area contributed by atoms with Gasteiger partial charge in [-0.3, -0.25) is 9.78 Å². The summed E-state index contributed by atoms with van der Waals surface area (Å²) < 4.78 is 10.5. The second-order valence-electron chi connectivity index (χ2n) is 4.78. The lowest BCUT2D eigenvalue weighted by Gasteiger charge is -2.10. The first-order valence-corrected chi connectivity index (χ1v) is 7.23. The van der Waals surface area contributed by atoms with Crippen molar-refractivity contribution >= 4 is 18.0 Å². The maximum Gasteiger partial charge on any atom is 0.343 e. The average Bonchev–Trinajstić information content (AvgIpc) is 2.66. The minimum absolute atomic E-state index is 0.0499. The van der Waals surface area contributed by atoms with Crippen molar-refractivity contribution in [3.63, 3.8) is 0 Å². The molecule has 1 N–H and O–H groups in total. The highest BCUT2D eigenvalue weighted by atomic mass is 16.6. The van der Waals surface area contributed by atoms with Gasteiger partial charge in [-0.1, -0.05) is 6.07 Å². The second-order valence-corrected chi connectivity index (χ2v) is 4.78. The van der Waals surface area contributed by atoms with Crippen LogP contribution >= 0.6 is 0 Å². The lowest BCUT2D eigenvalue weighted by Crippen LogP contribution is -2.19. The number of carbonyl (C=O) groups is 2. The second kappa shape index (κ2) is 8.26. The van der Waals surface area contributed by atoms with Gasteiger partial charge in [0.2, 0.25) is 0 Å². The van der Waals surface area contributed by atoms with Crippen molar-refractivity contribution in [1.29, 1.82) is 5.26 Å². The van der Waals surface area contributed by atoms with Crippen LogP contribution in [0.5, 0.6) is 11.5 Å². The Kier molecular flexibility index (Phi) is 5.85. The van der Waals surface area contributed by atoms with Crippen LogP contribution in [0.15, 0.2) is 48.3 Å². The normalized spacial score (nSPS) is 10.5. The van der Waals surface area contributed by atoms with Crippen molar-refractivity contribution in [2.75, 3.05) is 14.2 Å². The molecule has 2 rings (SSSR count). The van der Waals surface area contributed by atoms with Crippen molar-refractivity contribution in [3.8, 4) is 17.6 Å². The number of likely N-dealkylation sites (N-methyl/N-ethyl adjacent to an activating group) is 1. The van der Waals surface area contributed by atoms with E-state index in [0.29, 0.717) is 16.9 Å². The zero-order valence-electron chi connectivity index (χ0n) is 13.6. The smallest absolute Gasteiger partial charge is 0.343 e. The summed E-state index contributed by atoms with van der Waals surface area (Å²) in [4.78, 5) is 27.5. The third kappa shape index (κ3) is 4.42. The molecule has 0 bridgehead atoms. The first kappa shape index (κ1) is 17.7. The number of amides is 1. The van der Waals surface area contributed by atoms with Crippen molar-refractivity contribution in [2.45, 2.75) is 0 Å². The summed E-state index contributed by atoms with van der Waals surface area (Å²) in [6.07, 6.45) is 4.39. The standard InChI is InChI=1S/C18H15N3O4/c1-20-17(22)14(11-19)9-12-3-4-15(16(10-12)24-2)25-18(23)13-5-7-21-8-6-13/h3-10H,1-2H3,(H,20,22)/b14-9+. The van der Waals surface area contributed by atoms with Gasteiger partial charge in [0.25, 0.3) is 5.91 Å². The summed E-state index contributed by atoms with van der Waals surface area (Å²) >= 11 is 0. The van der Waals surface area contributed by atoms with E-state index in [-0.39, 0.29) is 11.3 Å². The van der Waals surface area contributed by atoms with Gasteiger partial charge in [-0.2, -0.15) is 5.26 Å². The van der Waals surface area contributed by atoms with Crippen LogP contribution in [0.3, 0.4) is 0 Å². The van der Waals surface area contributed by atoms with Crippen LogP contribution in [0, 0.1) is 11.3 Å². The molecule has 0 unspecified atom stereocenters. The van der Waals surface area contributed by atoms with E-state index in [1.165, 1.54) is 50.8 Å². The SMILES string of the molecule is CNC(=O)/C(C#N)=C/c1ccc(OC(=O)c2ccncc2)c(OC)c1. The molecule has 2 aromatic rings. The third-order valence-corrected chi connectivity index (χ3v) is 3.21. The molecule has 0 aliphatic carbocycles. The van der Waals surface area contributed by atoms with Crippen LogP contribution in [0.1, 0.15) is 15.9 Å². The molecule has 1 aromatic heterocycles. The average molecular weight is 337 g/mol. The monoisotopic (exact) mass is 337 g/mol. The summed E-state index contributed by atoms with van der Waals surface area (Å²) in [5.74, 6) is -0.521. The number of nitrogens with one attached hydrogen (secondary N) is 1. The molecule has 0 fully saturated rings. The minimum Gasteiger partial charge on any atom is -0.493 e. The largest absolute Gasteiger partial charge is 0.493 e. The number of ether oxygens (including phenoxy) is 2. The summed E-state index contributed by atoms with van der Waals surface area (Å²) in [6, 6.07) is 9.60. The first-order chi connectivity index (χ1) is 12.1. The van der Waals surface area contributed by atoms with Crippen LogP contribution in [-0.2, 0) is 4.79 Å². The van der Waals surface area contributed by atoms with Gasteiger partial charge in [0.1, 0.15) is 11.6 Å². The molecule has 0 atom stereocenters. The molecule has 0 radical (unpaired) electrons. The summed E-state index contributed by atoms with van der Waals surface area (Å²) in [5.41, 5.74) is 0.860. The predicted molar refractivity (Wildman–Crippen MR) is 89.8 cm³/mol. The molecule has 0 spiro atoms. The molecule has 1 heterocycles. The molecule has 1 amide bonds. The number of methoxy groups -OCH3 is 1. The zero-order valence-corrected chi connectivity index (χ0v) is 13.6. The summed E-state index contributed by atoms with van der Waals surface area (Å²) in [7, 11) is 2.87. The Morgan fingerprint density at radius 1 is 1.20 bits per heavy atom. The molecule has 0 aliphatic rings. The fourth-order valence-corrected chi connectivity index (χ4v) is 1.95. The molecular weight excluding hydrogens is 322 g/mol.